The first-order valence-electron chi connectivity index (χ1n) is 52.1. The zero-order valence-corrected chi connectivity index (χ0v) is 91.9. The fraction of sp³-hybridized carbons (Fsp3) is 0.554. The van der Waals surface area contributed by atoms with Crippen LogP contribution >= 0.6 is 0 Å². The van der Waals surface area contributed by atoms with Gasteiger partial charge in [0.2, 0.25) is 0 Å². The fourth-order valence-corrected chi connectivity index (χ4v) is 15.4. The van der Waals surface area contributed by atoms with Gasteiger partial charge in [0.15, 0.2) is 0 Å². The minimum Gasteiger partial charge on any atom is -0.508 e. The maximum absolute atomic E-state index is 9.81. The van der Waals surface area contributed by atoms with Crippen molar-refractivity contribution in [3.05, 3.63) is 242 Å². The Kier molecular flexibility index (Phi) is 65.6. The average Bonchev–Trinajstić information content (AvgIpc) is 0.835. The van der Waals surface area contributed by atoms with Gasteiger partial charge < -0.3 is 69.6 Å². The van der Waals surface area contributed by atoms with Gasteiger partial charge in [-0.25, -0.2) is 0 Å². The Labute approximate surface area is 828 Å². The van der Waals surface area contributed by atoms with Gasteiger partial charge in [0, 0.05) is 201 Å². The molecule has 9 rings (SSSR count). The van der Waals surface area contributed by atoms with Crippen molar-refractivity contribution < 1.29 is 25.5 Å². The van der Waals surface area contributed by atoms with Crippen LogP contribution in [-0.2, 0) is 0 Å². The van der Waals surface area contributed by atoms with Gasteiger partial charge in [-0.1, -0.05) is 229 Å². The van der Waals surface area contributed by atoms with Gasteiger partial charge in [0.25, 0.3) is 0 Å². The highest BCUT2D eigenvalue weighted by Crippen LogP contribution is 2.34. The predicted octanol–water partition coefficient (Wildman–Crippen LogP) is 31.3. The molecule has 0 heterocycles. The number of unbranched alkanes of at least 4 members (excludes halogenated alkanes) is 13. The molecule has 0 atom stereocenters. The molecule has 0 fully saturated rings. The summed E-state index contributed by atoms with van der Waals surface area (Å²) in [6, 6.07) is 59.2. The van der Waals surface area contributed by atoms with Crippen molar-refractivity contribution in [2.75, 3.05) is 171 Å². The van der Waals surface area contributed by atoms with Crippen LogP contribution in [0.3, 0.4) is 0 Å². The summed E-state index contributed by atoms with van der Waals surface area (Å²) in [5, 5.41) is 47.4. The SMILES string of the molecule is CCCCCCCCN(CCCCCCCC)c1ccc(C)cc1.CCCCN(CC)c1cc(C)c(C)c(C)c1.CCCCN(CCCC)c1ccc(C)cc1.CCN(CC)c1ccc(C)c(O)c1.CCN(CC)c1ccc(C)cc1.CCN(CCO)c1cc(C)c(C)c(C)c1.Cc1c(O)cc(N(CC(C)C)CC(C)C)cc1O.Cc1ccc(N(C)C)cc1.Cc1ccc(N(C)C)cc1O. The number of nitrogens with zero attached hydrogens (tertiary/aromatic N) is 9. The number of hydrogen-bond donors (Lipinski definition) is 5. The zero-order chi connectivity index (χ0) is 101. The van der Waals surface area contributed by atoms with Crippen molar-refractivity contribution >= 4 is 51.2 Å². The Hall–Kier alpha value is -9.66. The Bertz CT molecular complexity index is 4390. The highest BCUT2D eigenvalue weighted by atomic mass is 16.3. The maximum atomic E-state index is 9.81. The Morgan fingerprint density at radius 2 is 0.459 bits per heavy atom. The third-order valence-corrected chi connectivity index (χ3v) is 25.0. The maximum Gasteiger partial charge on any atom is 0.124 e. The highest BCUT2D eigenvalue weighted by Gasteiger charge is 2.17. The van der Waals surface area contributed by atoms with E-state index in [1.165, 1.54) is 238 Å². The van der Waals surface area contributed by atoms with E-state index in [0.29, 0.717) is 35.4 Å². The second-order valence-corrected chi connectivity index (χ2v) is 38.1. The number of phenols is 4. The van der Waals surface area contributed by atoms with Crippen LogP contribution in [0.5, 0.6) is 23.0 Å². The molecule has 0 saturated carbocycles. The number of rotatable bonds is 44. The van der Waals surface area contributed by atoms with Gasteiger partial charge >= 0.3 is 0 Å². The Morgan fingerprint density at radius 3 is 0.756 bits per heavy atom. The van der Waals surface area contributed by atoms with Crippen molar-refractivity contribution in [2.24, 2.45) is 11.8 Å². The van der Waals surface area contributed by atoms with E-state index in [1.807, 2.05) is 77.3 Å². The fourth-order valence-electron chi connectivity index (χ4n) is 15.4. The van der Waals surface area contributed by atoms with Crippen LogP contribution in [0.1, 0.15) is 292 Å². The predicted molar refractivity (Wildman–Crippen MR) is 603 cm³/mol. The third kappa shape index (κ3) is 50.8. The number of benzene rings is 9. The van der Waals surface area contributed by atoms with Crippen LogP contribution < -0.4 is 44.1 Å². The molecule has 9 aromatic carbocycles. The van der Waals surface area contributed by atoms with Crippen LogP contribution in [0.4, 0.5) is 51.2 Å². The van der Waals surface area contributed by atoms with Crippen molar-refractivity contribution in [1.29, 1.82) is 0 Å². The lowest BCUT2D eigenvalue weighted by molar-refractivity contribution is 0.302. The first kappa shape index (κ1) is 123. The van der Waals surface area contributed by atoms with Gasteiger partial charge in [-0.05, 0) is 305 Å². The van der Waals surface area contributed by atoms with E-state index < -0.39 is 0 Å². The number of anilines is 9. The van der Waals surface area contributed by atoms with E-state index in [9.17, 15) is 20.4 Å². The quantitative estimate of drug-likeness (QED) is 0.0232. The molecule has 0 aliphatic heterocycles. The van der Waals surface area contributed by atoms with Crippen molar-refractivity contribution in [3.8, 4) is 23.0 Å². The van der Waals surface area contributed by atoms with E-state index in [-0.39, 0.29) is 18.1 Å². The van der Waals surface area contributed by atoms with Crippen LogP contribution in [0, 0.1) is 102 Å². The first-order valence-corrected chi connectivity index (χ1v) is 52.1. The second-order valence-electron chi connectivity index (χ2n) is 38.1. The number of likely N-dealkylation sites (N-methyl/N-ethyl adjacent to an activating group) is 1. The lowest BCUT2D eigenvalue weighted by Gasteiger charge is -2.29. The van der Waals surface area contributed by atoms with Crippen LogP contribution in [0.25, 0.3) is 0 Å². The molecule has 0 unspecified atom stereocenters. The largest absolute Gasteiger partial charge is 0.508 e. The third-order valence-electron chi connectivity index (χ3n) is 25.0. The molecule has 0 amide bonds. The summed E-state index contributed by atoms with van der Waals surface area (Å²) >= 11 is 0. The topological polar surface area (TPSA) is 130 Å². The van der Waals surface area contributed by atoms with Crippen LogP contribution in [0.15, 0.2) is 170 Å². The summed E-state index contributed by atoms with van der Waals surface area (Å²) in [5.41, 5.74) is 26.9. The molecule has 14 heteroatoms. The molecule has 0 aromatic heterocycles. The van der Waals surface area contributed by atoms with Gasteiger partial charge in [-0.15, -0.1) is 0 Å². The van der Waals surface area contributed by atoms with E-state index in [0.717, 1.165) is 80.5 Å². The summed E-state index contributed by atoms with van der Waals surface area (Å²) in [6.07, 6.45) is 24.3. The first-order chi connectivity index (χ1) is 64.3. The summed E-state index contributed by atoms with van der Waals surface area (Å²) in [7, 11) is 7.99. The minimum atomic E-state index is 0.155. The number of aromatic hydroxyl groups is 4. The summed E-state index contributed by atoms with van der Waals surface area (Å²) in [6.45, 7) is 74.9. The molecule has 9 aromatic rings. The van der Waals surface area contributed by atoms with Crippen molar-refractivity contribution in [2.45, 2.75) is 309 Å². The van der Waals surface area contributed by atoms with Crippen molar-refractivity contribution in [3.63, 3.8) is 0 Å². The molecule has 0 aliphatic carbocycles. The van der Waals surface area contributed by atoms with Gasteiger partial charge in [0.05, 0.1) is 6.61 Å². The summed E-state index contributed by atoms with van der Waals surface area (Å²) < 4.78 is 0. The molecule has 756 valence electrons. The summed E-state index contributed by atoms with van der Waals surface area (Å²) in [5.74, 6) is 2.12. The van der Waals surface area contributed by atoms with Crippen LogP contribution in [0.2, 0.25) is 0 Å². The van der Waals surface area contributed by atoms with Gasteiger partial charge in [-0.3, -0.25) is 0 Å². The average molecular weight is 1860 g/mol. The van der Waals surface area contributed by atoms with E-state index >= 15 is 0 Å². The zero-order valence-electron chi connectivity index (χ0n) is 91.9. The Balaban J connectivity index is 0.000000767. The number of phenolic OH excluding ortho intramolecular Hbond substituents is 4. The van der Waals surface area contributed by atoms with Crippen LogP contribution in [-0.4, -0.2) is 152 Å². The lowest BCUT2D eigenvalue weighted by Crippen LogP contribution is -2.31. The van der Waals surface area contributed by atoms with E-state index in [4.69, 9.17) is 5.11 Å². The van der Waals surface area contributed by atoms with Gasteiger partial charge in [0.1, 0.15) is 23.0 Å². The monoisotopic (exact) mass is 1860 g/mol. The Morgan fingerprint density at radius 1 is 0.215 bits per heavy atom. The molecular formula is C121H197N9O5. The molecule has 0 spiro atoms. The lowest BCUT2D eigenvalue weighted by atomic mass is 10.0. The normalized spacial score (nSPS) is 10.5. The molecule has 0 aliphatic rings. The molecule has 0 radical (unpaired) electrons. The molecule has 0 saturated heterocycles. The summed E-state index contributed by atoms with van der Waals surface area (Å²) in [4.78, 5) is 20.6. The number of aryl methyl sites for hydroxylation is 10. The van der Waals surface area contributed by atoms with E-state index in [2.05, 4.69) is 334 Å². The minimum absolute atomic E-state index is 0.155. The highest BCUT2D eigenvalue weighted by molar-refractivity contribution is 5.61. The smallest absolute Gasteiger partial charge is 0.124 e. The van der Waals surface area contributed by atoms with Gasteiger partial charge in [-0.2, -0.15) is 0 Å². The molecule has 135 heavy (non-hydrogen) atoms. The number of aliphatic hydroxyl groups excluding tert-OH is 1. The standard InChI is InChI=1S/C23H41N.C15H25NO2.2C15H25N.C13H21NO.C11H17NO.C11H17N.C9H13NO.C9H13N/c1-4-6-8-10-12-14-20-24(21-15-13-11-9-7-5-2)23-18-16-22(3)17-19-23;1-10(2)8-16(9-11(3)4)13-6-14(17)12(5)15(18)7-13;1-6-8-9-16(7-2)15-10-12(3)14(5)13(4)11-15;1-4-6-12-16(13-7-5-2)15-10-8-14(3)9-11-15;1-5-14(6-7-15)13-8-10(2)12(4)11(3)9-13;1-4-12(5-2)10-7-6-9(3)11(13)8-10;1-4-12(5-2)11-8-6-10(3)7-9-11;1-7-4-5-8(10(2)3)6-9(7)11;1-8-4-6-9(7-5-8)10(2)3/h16-19H,4-15,20-21H2,1-3H3;6-7,10-11,17-18H,8-9H2,1-5H3;10-11H,6-9H2,1-5H3;8-11H,4-7,12-13H2,1-3H3;8-9,15H,5-7H2,1-4H3;6-8,13H,4-5H2,1-3H3;6-9H,4-5H2,1-3H3;4-6,11H,1-3H3;4-7H,1-3H3. The molecular weight excluding hydrogens is 1660 g/mol. The van der Waals surface area contributed by atoms with E-state index in [1.54, 1.807) is 25.1 Å². The number of aliphatic hydroxyl groups is 1. The molecule has 5 N–H and O–H groups in total. The number of hydrogen-bond acceptors (Lipinski definition) is 14. The molecule has 14 nitrogen and oxygen atoms in total. The van der Waals surface area contributed by atoms with Crippen molar-refractivity contribution in [1.82, 2.24) is 0 Å². The second kappa shape index (κ2) is 71.8. The molecule has 0 bridgehead atoms.